The van der Waals surface area contributed by atoms with Crippen molar-refractivity contribution in [3.8, 4) is 0 Å². The van der Waals surface area contributed by atoms with Crippen LogP contribution in [0.1, 0.15) is 44.1 Å². The second kappa shape index (κ2) is 6.72. The van der Waals surface area contributed by atoms with E-state index in [4.69, 9.17) is 5.73 Å². The van der Waals surface area contributed by atoms with Crippen molar-refractivity contribution < 1.29 is 8.42 Å². The van der Waals surface area contributed by atoms with Gasteiger partial charge in [-0.05, 0) is 49.6 Å². The molecule has 112 valence electrons. The van der Waals surface area contributed by atoms with E-state index in [0.29, 0.717) is 18.9 Å². The van der Waals surface area contributed by atoms with E-state index in [2.05, 4.69) is 12.1 Å². The van der Waals surface area contributed by atoms with E-state index >= 15 is 0 Å². The minimum atomic E-state index is -3.02. The lowest BCUT2D eigenvalue weighted by atomic mass is 9.78. The van der Waals surface area contributed by atoms with Gasteiger partial charge < -0.3 is 5.73 Å². The number of hydrogen-bond acceptors (Lipinski definition) is 3. The SMILES string of the molecule is CCCS(=O)(=O)C1CC(c2ccccc2)CCC1CN. The van der Waals surface area contributed by atoms with Crippen LogP contribution in [-0.4, -0.2) is 26.0 Å². The summed E-state index contributed by atoms with van der Waals surface area (Å²) in [5, 5.41) is -0.258. The van der Waals surface area contributed by atoms with Gasteiger partial charge in [0, 0.05) is 0 Å². The molecule has 2 rings (SSSR count). The topological polar surface area (TPSA) is 60.2 Å². The highest BCUT2D eigenvalue weighted by atomic mass is 32.2. The molecule has 1 aliphatic carbocycles. The van der Waals surface area contributed by atoms with Crippen LogP contribution in [0.15, 0.2) is 30.3 Å². The Labute approximate surface area is 122 Å². The van der Waals surface area contributed by atoms with Gasteiger partial charge in [0.25, 0.3) is 0 Å². The van der Waals surface area contributed by atoms with Crippen molar-refractivity contribution in [3.63, 3.8) is 0 Å². The van der Waals surface area contributed by atoms with Crippen LogP contribution >= 0.6 is 0 Å². The lowest BCUT2D eigenvalue weighted by Crippen LogP contribution is -2.40. The maximum Gasteiger partial charge on any atom is 0.153 e. The monoisotopic (exact) mass is 295 g/mol. The van der Waals surface area contributed by atoms with Crippen LogP contribution in [0, 0.1) is 5.92 Å². The summed E-state index contributed by atoms with van der Waals surface area (Å²) in [4.78, 5) is 0. The molecule has 1 fully saturated rings. The molecule has 0 amide bonds. The van der Waals surface area contributed by atoms with E-state index in [0.717, 1.165) is 19.3 Å². The fourth-order valence-corrected chi connectivity index (χ4v) is 5.60. The standard InChI is InChI=1S/C16H25NO2S/c1-2-10-20(18,19)16-11-14(8-9-15(16)12-17)13-6-4-3-5-7-13/h3-7,14-16H,2,8-12,17H2,1H3. The zero-order valence-electron chi connectivity index (χ0n) is 12.2. The highest BCUT2D eigenvalue weighted by Crippen LogP contribution is 2.39. The Morgan fingerprint density at radius 3 is 2.50 bits per heavy atom. The van der Waals surface area contributed by atoms with E-state index in [1.165, 1.54) is 5.56 Å². The van der Waals surface area contributed by atoms with Crippen LogP contribution in [0.5, 0.6) is 0 Å². The zero-order chi connectivity index (χ0) is 14.6. The van der Waals surface area contributed by atoms with E-state index < -0.39 is 9.84 Å². The molecule has 2 N–H and O–H groups in total. The summed E-state index contributed by atoms with van der Waals surface area (Å²) in [5.41, 5.74) is 7.07. The van der Waals surface area contributed by atoms with E-state index in [1.807, 2.05) is 25.1 Å². The molecule has 20 heavy (non-hydrogen) atoms. The molecule has 0 radical (unpaired) electrons. The van der Waals surface area contributed by atoms with Crippen molar-refractivity contribution >= 4 is 9.84 Å². The average Bonchev–Trinajstić information content (AvgIpc) is 2.47. The molecule has 1 saturated carbocycles. The number of sulfone groups is 1. The Morgan fingerprint density at radius 1 is 1.20 bits per heavy atom. The second-order valence-electron chi connectivity index (χ2n) is 5.82. The van der Waals surface area contributed by atoms with Gasteiger partial charge in [-0.2, -0.15) is 0 Å². The molecular formula is C16H25NO2S. The molecule has 0 aromatic heterocycles. The van der Waals surface area contributed by atoms with Gasteiger partial charge in [0.05, 0.1) is 11.0 Å². The third-order valence-corrected chi connectivity index (χ3v) is 6.93. The lowest BCUT2D eigenvalue weighted by molar-refractivity contribution is 0.332. The first-order valence-electron chi connectivity index (χ1n) is 7.55. The molecule has 1 aliphatic rings. The highest BCUT2D eigenvalue weighted by molar-refractivity contribution is 7.92. The molecule has 1 aromatic rings. The lowest BCUT2D eigenvalue weighted by Gasteiger charge is -2.35. The smallest absolute Gasteiger partial charge is 0.153 e. The van der Waals surface area contributed by atoms with Crippen LogP contribution in [0.2, 0.25) is 0 Å². The van der Waals surface area contributed by atoms with Gasteiger partial charge in [-0.15, -0.1) is 0 Å². The van der Waals surface area contributed by atoms with Crippen LogP contribution in [0.3, 0.4) is 0 Å². The molecular weight excluding hydrogens is 270 g/mol. The van der Waals surface area contributed by atoms with Gasteiger partial charge in [0.2, 0.25) is 0 Å². The molecule has 0 heterocycles. The zero-order valence-corrected chi connectivity index (χ0v) is 13.0. The van der Waals surface area contributed by atoms with Crippen LogP contribution in [-0.2, 0) is 9.84 Å². The normalized spacial score (nSPS) is 27.4. The summed E-state index contributed by atoms with van der Waals surface area (Å²) in [6.07, 6.45) is 3.38. The van der Waals surface area contributed by atoms with Gasteiger partial charge in [-0.25, -0.2) is 8.42 Å². The van der Waals surface area contributed by atoms with E-state index in [-0.39, 0.29) is 16.9 Å². The molecule has 0 spiro atoms. The molecule has 0 aliphatic heterocycles. The molecule has 1 aromatic carbocycles. The average molecular weight is 295 g/mol. The second-order valence-corrected chi connectivity index (χ2v) is 8.16. The molecule has 3 atom stereocenters. The van der Waals surface area contributed by atoms with Crippen LogP contribution < -0.4 is 5.73 Å². The van der Waals surface area contributed by atoms with E-state index in [9.17, 15) is 8.42 Å². The maximum absolute atomic E-state index is 12.5. The van der Waals surface area contributed by atoms with Crippen LogP contribution in [0.4, 0.5) is 0 Å². The van der Waals surface area contributed by atoms with Crippen LogP contribution in [0.25, 0.3) is 0 Å². The van der Waals surface area contributed by atoms with Gasteiger partial charge >= 0.3 is 0 Å². The Bertz CT molecular complexity index is 513. The molecule has 3 unspecified atom stereocenters. The minimum Gasteiger partial charge on any atom is -0.330 e. The largest absolute Gasteiger partial charge is 0.330 e. The Morgan fingerprint density at radius 2 is 1.90 bits per heavy atom. The third kappa shape index (κ3) is 3.41. The van der Waals surface area contributed by atoms with Gasteiger partial charge in [-0.3, -0.25) is 0 Å². The van der Waals surface area contributed by atoms with Crippen molar-refractivity contribution in [1.29, 1.82) is 0 Å². The van der Waals surface area contributed by atoms with E-state index in [1.54, 1.807) is 0 Å². The molecule has 4 heteroatoms. The maximum atomic E-state index is 12.5. The van der Waals surface area contributed by atoms with Crippen molar-refractivity contribution in [2.24, 2.45) is 11.7 Å². The third-order valence-electron chi connectivity index (χ3n) is 4.45. The summed E-state index contributed by atoms with van der Waals surface area (Å²) in [5.74, 6) is 0.775. The van der Waals surface area contributed by atoms with Crippen molar-refractivity contribution in [1.82, 2.24) is 0 Å². The van der Waals surface area contributed by atoms with Crippen molar-refractivity contribution in [3.05, 3.63) is 35.9 Å². The first-order chi connectivity index (χ1) is 9.58. The predicted octanol–water partition coefficient (Wildman–Crippen LogP) is 2.72. The number of benzene rings is 1. The first kappa shape index (κ1) is 15.5. The summed E-state index contributed by atoms with van der Waals surface area (Å²) in [6.45, 7) is 2.40. The summed E-state index contributed by atoms with van der Waals surface area (Å²) < 4.78 is 25.0. The highest BCUT2D eigenvalue weighted by Gasteiger charge is 2.38. The van der Waals surface area contributed by atoms with Gasteiger partial charge in [0.15, 0.2) is 9.84 Å². The Kier molecular flexibility index (Phi) is 5.22. The number of rotatable bonds is 5. The molecule has 0 saturated heterocycles. The van der Waals surface area contributed by atoms with Crippen molar-refractivity contribution in [2.75, 3.05) is 12.3 Å². The summed E-state index contributed by atoms with van der Waals surface area (Å²) in [7, 11) is -3.02. The van der Waals surface area contributed by atoms with Crippen molar-refractivity contribution in [2.45, 2.75) is 43.8 Å². The Hall–Kier alpha value is -0.870. The minimum absolute atomic E-state index is 0.131. The summed E-state index contributed by atoms with van der Waals surface area (Å²) in [6, 6.07) is 10.3. The fourth-order valence-electron chi connectivity index (χ4n) is 3.37. The molecule has 3 nitrogen and oxygen atoms in total. The fraction of sp³-hybridized carbons (Fsp3) is 0.625. The quantitative estimate of drug-likeness (QED) is 0.908. The molecule has 0 bridgehead atoms. The Balaban J connectivity index is 2.20. The number of nitrogens with two attached hydrogens (primary N) is 1. The van der Waals surface area contributed by atoms with Gasteiger partial charge in [0.1, 0.15) is 0 Å². The van der Waals surface area contributed by atoms with Gasteiger partial charge in [-0.1, -0.05) is 37.3 Å². The first-order valence-corrected chi connectivity index (χ1v) is 9.26. The number of hydrogen-bond donors (Lipinski definition) is 1. The predicted molar refractivity (Wildman–Crippen MR) is 83.4 cm³/mol. The summed E-state index contributed by atoms with van der Waals surface area (Å²) >= 11 is 0.